The van der Waals surface area contributed by atoms with Gasteiger partial charge in [0.05, 0.1) is 0 Å². The fourth-order valence-electron chi connectivity index (χ4n) is 4.21. The van der Waals surface area contributed by atoms with Crippen molar-refractivity contribution in [3.63, 3.8) is 0 Å². The van der Waals surface area contributed by atoms with Gasteiger partial charge < -0.3 is 10.0 Å². The Balaban J connectivity index is 1.65. The molecule has 1 aliphatic heterocycles. The smallest absolute Gasteiger partial charge is 0.303 e. The van der Waals surface area contributed by atoms with Crippen LogP contribution in [0.1, 0.15) is 68.9 Å². The molecule has 1 aromatic rings. The predicted octanol–water partition coefficient (Wildman–Crippen LogP) is 4.34. The highest BCUT2D eigenvalue weighted by molar-refractivity contribution is 5.96. The number of carbonyl (C=O) groups excluding carboxylic acids is 1. The number of fused-ring (bicyclic) bond motifs is 1. The topological polar surface area (TPSA) is 57.6 Å². The third kappa shape index (κ3) is 4.62. The van der Waals surface area contributed by atoms with E-state index in [2.05, 4.69) is 18.2 Å². The molecule has 1 aliphatic carbocycles. The van der Waals surface area contributed by atoms with Crippen molar-refractivity contribution in [1.29, 1.82) is 0 Å². The van der Waals surface area contributed by atoms with Crippen LogP contribution in [0.4, 0.5) is 5.69 Å². The number of carbonyl (C=O) groups is 2. The SMILES string of the molecule is O=C(O)CCCCc1ccc2c(c1)CCCN2C(=O)C1CCCCC1. The van der Waals surface area contributed by atoms with Crippen LogP contribution in [0, 0.1) is 5.92 Å². The Morgan fingerprint density at radius 1 is 1.08 bits per heavy atom. The number of hydrogen-bond donors (Lipinski definition) is 1. The van der Waals surface area contributed by atoms with Gasteiger partial charge in [0, 0.05) is 24.6 Å². The van der Waals surface area contributed by atoms with Crippen LogP contribution in [0.15, 0.2) is 18.2 Å². The van der Waals surface area contributed by atoms with Crippen LogP contribution in [-0.4, -0.2) is 23.5 Å². The summed E-state index contributed by atoms with van der Waals surface area (Å²) in [4.78, 5) is 25.6. The Hall–Kier alpha value is -1.84. The fourth-order valence-corrected chi connectivity index (χ4v) is 4.21. The normalized spacial score (nSPS) is 18.0. The quantitative estimate of drug-likeness (QED) is 0.782. The van der Waals surface area contributed by atoms with Gasteiger partial charge in [0.15, 0.2) is 0 Å². The zero-order chi connectivity index (χ0) is 17.6. The van der Waals surface area contributed by atoms with Crippen molar-refractivity contribution in [3.8, 4) is 0 Å². The number of carboxylic acids is 1. The molecular weight excluding hydrogens is 314 g/mol. The zero-order valence-corrected chi connectivity index (χ0v) is 15.0. The number of aryl methyl sites for hydroxylation is 2. The molecule has 2 aliphatic rings. The van der Waals surface area contributed by atoms with Crippen LogP contribution in [0.3, 0.4) is 0 Å². The van der Waals surface area contributed by atoms with Crippen molar-refractivity contribution in [2.45, 2.75) is 70.6 Å². The van der Waals surface area contributed by atoms with Crippen LogP contribution in [0.2, 0.25) is 0 Å². The monoisotopic (exact) mass is 343 g/mol. The second kappa shape index (κ2) is 8.50. The van der Waals surface area contributed by atoms with Gasteiger partial charge in [0.2, 0.25) is 5.91 Å². The van der Waals surface area contributed by atoms with Gasteiger partial charge in [-0.3, -0.25) is 9.59 Å². The number of unbranched alkanes of at least 4 members (excludes halogenated alkanes) is 1. The van der Waals surface area contributed by atoms with Crippen LogP contribution in [0.25, 0.3) is 0 Å². The first kappa shape index (κ1) is 18.0. The van der Waals surface area contributed by atoms with Crippen LogP contribution < -0.4 is 4.90 Å². The summed E-state index contributed by atoms with van der Waals surface area (Å²) < 4.78 is 0. The van der Waals surface area contributed by atoms with E-state index in [0.717, 1.165) is 57.2 Å². The number of benzene rings is 1. The van der Waals surface area contributed by atoms with Gasteiger partial charge in [-0.15, -0.1) is 0 Å². The summed E-state index contributed by atoms with van der Waals surface area (Å²) in [5, 5.41) is 8.72. The molecule has 0 aromatic heterocycles. The van der Waals surface area contributed by atoms with Gasteiger partial charge in [-0.2, -0.15) is 0 Å². The molecule has 1 aromatic carbocycles. The molecule has 0 atom stereocenters. The number of anilines is 1. The maximum absolute atomic E-state index is 12.9. The van der Waals surface area contributed by atoms with E-state index in [4.69, 9.17) is 5.11 Å². The first-order chi connectivity index (χ1) is 12.1. The Labute approximate surface area is 150 Å². The summed E-state index contributed by atoms with van der Waals surface area (Å²) in [5.41, 5.74) is 3.65. The van der Waals surface area contributed by atoms with E-state index in [9.17, 15) is 9.59 Å². The molecule has 0 saturated heterocycles. The van der Waals surface area contributed by atoms with Crippen molar-refractivity contribution in [1.82, 2.24) is 0 Å². The molecular formula is C21H29NO3. The van der Waals surface area contributed by atoms with Crippen molar-refractivity contribution in [3.05, 3.63) is 29.3 Å². The van der Waals surface area contributed by atoms with E-state index >= 15 is 0 Å². The Kier molecular flexibility index (Phi) is 6.11. The number of amides is 1. The summed E-state index contributed by atoms with van der Waals surface area (Å²) in [6.45, 7) is 0.848. The van der Waals surface area contributed by atoms with Crippen LogP contribution in [-0.2, 0) is 22.4 Å². The minimum Gasteiger partial charge on any atom is -0.481 e. The van der Waals surface area contributed by atoms with Gasteiger partial charge >= 0.3 is 5.97 Å². The molecule has 0 spiro atoms. The van der Waals surface area contributed by atoms with Crippen molar-refractivity contribution in [2.75, 3.05) is 11.4 Å². The second-order valence-corrected chi connectivity index (χ2v) is 7.49. The van der Waals surface area contributed by atoms with E-state index in [1.54, 1.807) is 0 Å². The highest BCUT2D eigenvalue weighted by atomic mass is 16.4. The lowest BCUT2D eigenvalue weighted by molar-refractivity contribution is -0.137. The summed E-state index contributed by atoms with van der Waals surface area (Å²) >= 11 is 0. The van der Waals surface area contributed by atoms with Crippen LogP contribution >= 0.6 is 0 Å². The molecule has 0 unspecified atom stereocenters. The Morgan fingerprint density at radius 3 is 2.64 bits per heavy atom. The third-order valence-corrected chi connectivity index (χ3v) is 5.59. The minimum atomic E-state index is -0.720. The number of nitrogens with zero attached hydrogens (tertiary/aromatic N) is 1. The lowest BCUT2D eigenvalue weighted by atomic mass is 9.87. The highest BCUT2D eigenvalue weighted by Crippen LogP contribution is 2.33. The number of rotatable bonds is 6. The number of hydrogen-bond acceptors (Lipinski definition) is 2. The summed E-state index contributed by atoms with van der Waals surface area (Å²) in [6.07, 6.45) is 10.6. The summed E-state index contributed by atoms with van der Waals surface area (Å²) in [5.74, 6) is -0.174. The highest BCUT2D eigenvalue weighted by Gasteiger charge is 2.29. The molecule has 4 heteroatoms. The predicted molar refractivity (Wildman–Crippen MR) is 98.9 cm³/mol. The van der Waals surface area contributed by atoms with E-state index in [1.807, 2.05) is 4.90 Å². The van der Waals surface area contributed by atoms with Crippen LogP contribution in [0.5, 0.6) is 0 Å². The third-order valence-electron chi connectivity index (χ3n) is 5.59. The molecule has 25 heavy (non-hydrogen) atoms. The minimum absolute atomic E-state index is 0.218. The lowest BCUT2D eigenvalue weighted by Gasteiger charge is -2.34. The van der Waals surface area contributed by atoms with Gasteiger partial charge in [0.1, 0.15) is 0 Å². The Bertz CT molecular complexity index is 620. The first-order valence-corrected chi connectivity index (χ1v) is 9.80. The van der Waals surface area contributed by atoms with Gasteiger partial charge in [-0.05, 0) is 62.1 Å². The molecule has 1 fully saturated rings. The maximum Gasteiger partial charge on any atom is 0.303 e. The molecule has 4 nitrogen and oxygen atoms in total. The number of carboxylic acid groups (broad SMARTS) is 1. The van der Waals surface area contributed by atoms with Gasteiger partial charge in [-0.25, -0.2) is 0 Å². The van der Waals surface area contributed by atoms with E-state index in [1.165, 1.54) is 30.4 Å². The molecule has 3 rings (SSSR count). The molecule has 0 radical (unpaired) electrons. The van der Waals surface area contributed by atoms with Crippen molar-refractivity contribution in [2.24, 2.45) is 5.92 Å². The fraction of sp³-hybridized carbons (Fsp3) is 0.619. The van der Waals surface area contributed by atoms with Crippen molar-refractivity contribution < 1.29 is 14.7 Å². The first-order valence-electron chi connectivity index (χ1n) is 9.80. The molecule has 136 valence electrons. The van der Waals surface area contributed by atoms with Gasteiger partial charge in [0.25, 0.3) is 0 Å². The lowest BCUT2D eigenvalue weighted by Crippen LogP contribution is -2.40. The van der Waals surface area contributed by atoms with E-state index < -0.39 is 5.97 Å². The van der Waals surface area contributed by atoms with Gasteiger partial charge in [-0.1, -0.05) is 31.4 Å². The summed E-state index contributed by atoms with van der Waals surface area (Å²) in [6, 6.07) is 6.46. The maximum atomic E-state index is 12.9. The summed E-state index contributed by atoms with van der Waals surface area (Å²) in [7, 11) is 0. The van der Waals surface area contributed by atoms with Crippen molar-refractivity contribution >= 4 is 17.6 Å². The molecule has 1 amide bonds. The molecule has 1 heterocycles. The molecule has 0 bridgehead atoms. The molecule has 1 saturated carbocycles. The second-order valence-electron chi connectivity index (χ2n) is 7.49. The average Bonchev–Trinajstić information content (AvgIpc) is 2.64. The molecule has 1 N–H and O–H groups in total. The Morgan fingerprint density at radius 2 is 1.88 bits per heavy atom. The average molecular weight is 343 g/mol. The number of aliphatic carboxylic acids is 1. The largest absolute Gasteiger partial charge is 0.481 e. The van der Waals surface area contributed by atoms with E-state index in [-0.39, 0.29) is 12.3 Å². The zero-order valence-electron chi connectivity index (χ0n) is 15.0. The van der Waals surface area contributed by atoms with E-state index in [0.29, 0.717) is 5.91 Å². The standard InChI is InChI=1S/C21H29NO3/c23-20(24)11-5-4-7-16-12-13-19-18(15-16)10-6-14-22(19)21(25)17-8-2-1-3-9-17/h12-13,15,17H,1-11,14H2,(H,23,24).